The van der Waals surface area contributed by atoms with Gasteiger partial charge in [0.05, 0.1) is 6.26 Å². The number of carbonyl (C=O) groups excluding carboxylic acids is 3. The Kier molecular flexibility index (Phi) is 3.51. The molecule has 21 heavy (non-hydrogen) atoms. The van der Waals surface area contributed by atoms with Crippen LogP contribution in [0.5, 0.6) is 0 Å². The molecule has 5 amide bonds. The highest BCUT2D eigenvalue weighted by atomic mass is 16.3. The van der Waals surface area contributed by atoms with E-state index in [1.54, 1.807) is 21.9 Å². The molecule has 0 aromatic carbocycles. The van der Waals surface area contributed by atoms with E-state index in [2.05, 4.69) is 5.32 Å². The maximum atomic E-state index is 12.2. The fraction of sp³-hybridized carbons (Fsp3) is 0.462. The Labute approximate surface area is 121 Å². The van der Waals surface area contributed by atoms with Crippen LogP contribution in [0.15, 0.2) is 22.8 Å². The van der Waals surface area contributed by atoms with Crippen LogP contribution in [0.4, 0.5) is 9.59 Å². The van der Waals surface area contributed by atoms with Gasteiger partial charge in [0.25, 0.3) is 5.91 Å². The van der Waals surface area contributed by atoms with Gasteiger partial charge < -0.3 is 19.5 Å². The lowest BCUT2D eigenvalue weighted by molar-refractivity contribution is 0.0619. The van der Waals surface area contributed by atoms with Crippen LogP contribution in [0.3, 0.4) is 0 Å². The van der Waals surface area contributed by atoms with Crippen molar-refractivity contribution >= 4 is 18.0 Å². The SMILES string of the molecule is O=C(c1ccco1)N1CCN(C(=O)N2CCNC2=O)CC1. The average Bonchev–Trinajstić information content (AvgIpc) is 3.17. The number of rotatable bonds is 1. The van der Waals surface area contributed by atoms with Crippen molar-refractivity contribution in [2.45, 2.75) is 0 Å². The van der Waals surface area contributed by atoms with Crippen molar-refractivity contribution in [1.82, 2.24) is 20.0 Å². The molecule has 0 bridgehead atoms. The standard InChI is InChI=1S/C13H16N4O4/c18-11(10-2-1-9-21-10)15-5-7-16(8-6-15)13(20)17-4-3-14-12(17)19/h1-2,9H,3-8H2,(H,14,19). The lowest BCUT2D eigenvalue weighted by Crippen LogP contribution is -2.54. The van der Waals surface area contributed by atoms with Gasteiger partial charge in [-0.2, -0.15) is 0 Å². The number of imide groups is 1. The Morgan fingerprint density at radius 2 is 1.81 bits per heavy atom. The maximum absolute atomic E-state index is 12.2. The molecule has 0 radical (unpaired) electrons. The second kappa shape index (κ2) is 5.47. The van der Waals surface area contributed by atoms with Gasteiger partial charge in [-0.25, -0.2) is 14.5 Å². The molecule has 8 nitrogen and oxygen atoms in total. The van der Waals surface area contributed by atoms with Crippen molar-refractivity contribution in [3.8, 4) is 0 Å². The van der Waals surface area contributed by atoms with E-state index in [1.807, 2.05) is 0 Å². The summed E-state index contributed by atoms with van der Waals surface area (Å²) in [7, 11) is 0. The molecule has 2 fully saturated rings. The van der Waals surface area contributed by atoms with Crippen LogP contribution in [0, 0.1) is 0 Å². The highest BCUT2D eigenvalue weighted by molar-refractivity contribution is 5.95. The summed E-state index contributed by atoms with van der Waals surface area (Å²) in [5, 5.41) is 2.60. The zero-order valence-electron chi connectivity index (χ0n) is 11.4. The predicted octanol–water partition coefficient (Wildman–Crippen LogP) is 0.183. The highest BCUT2D eigenvalue weighted by Crippen LogP contribution is 2.11. The number of hydrogen-bond acceptors (Lipinski definition) is 4. The minimum Gasteiger partial charge on any atom is -0.459 e. The molecule has 1 aromatic heterocycles. The Morgan fingerprint density at radius 1 is 1.10 bits per heavy atom. The molecule has 112 valence electrons. The molecule has 2 aliphatic rings. The number of nitrogens with zero attached hydrogens (tertiary/aromatic N) is 3. The minimum absolute atomic E-state index is 0.175. The molecular formula is C13H16N4O4. The molecule has 0 unspecified atom stereocenters. The number of amides is 5. The summed E-state index contributed by atoms with van der Waals surface area (Å²) in [6.07, 6.45) is 1.46. The summed E-state index contributed by atoms with van der Waals surface area (Å²) in [5.41, 5.74) is 0. The summed E-state index contributed by atoms with van der Waals surface area (Å²) in [4.78, 5) is 40.2. The van der Waals surface area contributed by atoms with E-state index in [0.717, 1.165) is 0 Å². The van der Waals surface area contributed by atoms with Gasteiger partial charge in [-0.05, 0) is 12.1 Å². The van der Waals surface area contributed by atoms with Gasteiger partial charge in [0.15, 0.2) is 5.76 Å². The smallest absolute Gasteiger partial charge is 0.328 e. The average molecular weight is 292 g/mol. The predicted molar refractivity (Wildman–Crippen MR) is 71.7 cm³/mol. The molecule has 0 saturated carbocycles. The lowest BCUT2D eigenvalue weighted by atomic mass is 10.3. The van der Waals surface area contributed by atoms with Gasteiger partial charge in [-0.1, -0.05) is 0 Å². The second-order valence-electron chi connectivity index (χ2n) is 4.92. The zero-order chi connectivity index (χ0) is 14.8. The second-order valence-corrected chi connectivity index (χ2v) is 4.92. The van der Waals surface area contributed by atoms with E-state index in [0.29, 0.717) is 45.0 Å². The third-order valence-electron chi connectivity index (χ3n) is 3.66. The van der Waals surface area contributed by atoms with Gasteiger partial charge in [-0.3, -0.25) is 4.79 Å². The van der Waals surface area contributed by atoms with E-state index >= 15 is 0 Å². The lowest BCUT2D eigenvalue weighted by Gasteiger charge is -2.35. The molecule has 1 aromatic rings. The number of urea groups is 2. The third-order valence-corrected chi connectivity index (χ3v) is 3.66. The fourth-order valence-corrected chi connectivity index (χ4v) is 2.48. The fourth-order valence-electron chi connectivity index (χ4n) is 2.48. The normalized spacial score (nSPS) is 18.9. The summed E-state index contributed by atoms with van der Waals surface area (Å²) in [6, 6.07) is 2.64. The summed E-state index contributed by atoms with van der Waals surface area (Å²) < 4.78 is 5.09. The van der Waals surface area contributed by atoms with E-state index in [4.69, 9.17) is 4.42 Å². The van der Waals surface area contributed by atoms with Crippen molar-refractivity contribution < 1.29 is 18.8 Å². The van der Waals surface area contributed by atoms with E-state index in [-0.39, 0.29) is 18.0 Å². The monoisotopic (exact) mass is 292 g/mol. The number of piperazine rings is 1. The third kappa shape index (κ3) is 2.56. The topological polar surface area (TPSA) is 86.1 Å². The molecule has 1 N–H and O–H groups in total. The van der Waals surface area contributed by atoms with Crippen molar-refractivity contribution in [2.75, 3.05) is 39.3 Å². The first-order valence-electron chi connectivity index (χ1n) is 6.84. The first-order valence-corrected chi connectivity index (χ1v) is 6.84. The molecule has 0 spiro atoms. The molecule has 0 aliphatic carbocycles. The Bertz CT molecular complexity index is 549. The Balaban J connectivity index is 1.56. The van der Waals surface area contributed by atoms with Crippen LogP contribution in [-0.2, 0) is 0 Å². The Hall–Kier alpha value is -2.51. The van der Waals surface area contributed by atoms with Gasteiger partial charge in [0, 0.05) is 39.3 Å². The van der Waals surface area contributed by atoms with Crippen LogP contribution < -0.4 is 5.32 Å². The number of furan rings is 1. The first-order chi connectivity index (χ1) is 10.2. The largest absolute Gasteiger partial charge is 0.459 e. The van der Waals surface area contributed by atoms with E-state index in [1.165, 1.54) is 11.2 Å². The summed E-state index contributed by atoms with van der Waals surface area (Å²) in [5.74, 6) is 0.125. The molecule has 8 heteroatoms. The quantitative estimate of drug-likeness (QED) is 0.800. The van der Waals surface area contributed by atoms with Gasteiger partial charge in [0.1, 0.15) is 0 Å². The van der Waals surface area contributed by atoms with Crippen molar-refractivity contribution in [3.63, 3.8) is 0 Å². The highest BCUT2D eigenvalue weighted by Gasteiger charge is 2.33. The molecule has 3 rings (SSSR count). The van der Waals surface area contributed by atoms with Crippen molar-refractivity contribution in [1.29, 1.82) is 0 Å². The molecular weight excluding hydrogens is 276 g/mol. The first kappa shape index (κ1) is 13.5. The molecule has 2 aliphatic heterocycles. The molecule has 3 heterocycles. The van der Waals surface area contributed by atoms with Crippen molar-refractivity contribution in [3.05, 3.63) is 24.2 Å². The van der Waals surface area contributed by atoms with Crippen LogP contribution in [0.2, 0.25) is 0 Å². The number of carbonyl (C=O) groups is 3. The van der Waals surface area contributed by atoms with Crippen LogP contribution >= 0.6 is 0 Å². The van der Waals surface area contributed by atoms with Gasteiger partial charge >= 0.3 is 12.1 Å². The Morgan fingerprint density at radius 3 is 2.38 bits per heavy atom. The minimum atomic E-state index is -0.353. The molecule has 0 atom stereocenters. The zero-order valence-corrected chi connectivity index (χ0v) is 11.4. The summed E-state index contributed by atoms with van der Waals surface area (Å²) >= 11 is 0. The number of nitrogens with one attached hydrogen (secondary N) is 1. The van der Waals surface area contributed by atoms with E-state index in [9.17, 15) is 14.4 Å². The van der Waals surface area contributed by atoms with Gasteiger partial charge in [-0.15, -0.1) is 0 Å². The van der Waals surface area contributed by atoms with Crippen molar-refractivity contribution in [2.24, 2.45) is 0 Å². The van der Waals surface area contributed by atoms with Crippen LogP contribution in [0.1, 0.15) is 10.6 Å². The van der Waals surface area contributed by atoms with Crippen LogP contribution in [-0.4, -0.2) is 71.9 Å². The maximum Gasteiger partial charge on any atom is 0.328 e. The van der Waals surface area contributed by atoms with Crippen LogP contribution in [0.25, 0.3) is 0 Å². The van der Waals surface area contributed by atoms with E-state index < -0.39 is 0 Å². The summed E-state index contributed by atoms with van der Waals surface area (Å²) in [6.45, 7) is 2.57. The van der Waals surface area contributed by atoms with Gasteiger partial charge in [0.2, 0.25) is 0 Å². The molecule has 2 saturated heterocycles. The number of hydrogen-bond donors (Lipinski definition) is 1.